The zero-order valence-corrected chi connectivity index (χ0v) is 25.9. The van der Waals surface area contributed by atoms with E-state index in [-0.39, 0.29) is 23.7 Å². The largest absolute Gasteiger partial charge is 0.494 e. The SMILES string of the molecule is C[C@@H]1C[C@H]2[C@@H]3CCc4ccccc4[C@H]3[C@@H](c3ccc(OCCCCCSCCCC(F)(F)C(F)(F)F)cc3)C[C@]2(C)C1=O. The number of Topliss-reactive ketones (excluding diaryl/α,β-unsaturated/α-hetero) is 1. The lowest BCUT2D eigenvalue weighted by Gasteiger charge is -2.52. The standard InChI is InChI=1S/C35H43F5O2S/c1-23-21-30-28-16-13-24-9-4-5-10-27(24)31(28)29(22-33(30,2)32(23)41)25-11-14-26(15-12-25)42-18-6-3-7-19-43-20-8-17-34(36,37)35(38,39)40/h4-5,9-12,14-15,23,28-31H,3,6-8,13,16-22H2,1-2H3/t23-,28+,29-,30+,31-,33+/m1/s1. The Morgan fingerprint density at radius 1 is 0.953 bits per heavy atom. The van der Waals surface area contributed by atoms with Gasteiger partial charge in [-0.05, 0) is 115 Å². The lowest BCUT2D eigenvalue weighted by atomic mass is 9.51. The van der Waals surface area contributed by atoms with Crippen molar-refractivity contribution in [2.75, 3.05) is 18.1 Å². The predicted molar refractivity (Wildman–Crippen MR) is 162 cm³/mol. The van der Waals surface area contributed by atoms with E-state index in [2.05, 4.69) is 50.2 Å². The van der Waals surface area contributed by atoms with Crippen molar-refractivity contribution in [2.24, 2.45) is 23.2 Å². The summed E-state index contributed by atoms with van der Waals surface area (Å²) in [5.41, 5.74) is 3.93. The first-order chi connectivity index (χ1) is 20.4. The summed E-state index contributed by atoms with van der Waals surface area (Å²) in [6.45, 7) is 4.91. The van der Waals surface area contributed by atoms with E-state index < -0.39 is 18.5 Å². The topological polar surface area (TPSA) is 26.3 Å². The molecule has 2 nitrogen and oxygen atoms in total. The number of fused-ring (bicyclic) bond motifs is 5. The maximum absolute atomic E-state index is 13.5. The smallest absolute Gasteiger partial charge is 0.453 e. The molecule has 3 aliphatic rings. The van der Waals surface area contributed by atoms with Gasteiger partial charge in [-0.1, -0.05) is 50.2 Å². The van der Waals surface area contributed by atoms with Gasteiger partial charge >= 0.3 is 12.1 Å². The molecule has 0 heterocycles. The Labute approximate surface area is 256 Å². The molecule has 0 saturated heterocycles. The lowest BCUT2D eigenvalue weighted by molar-refractivity contribution is -0.284. The highest BCUT2D eigenvalue weighted by molar-refractivity contribution is 7.99. The average Bonchev–Trinajstić information content (AvgIpc) is 3.21. The normalized spacial score (nSPS) is 28.7. The number of ether oxygens (including phenoxy) is 1. The van der Waals surface area contributed by atoms with Crippen molar-refractivity contribution < 1.29 is 31.5 Å². The van der Waals surface area contributed by atoms with Crippen LogP contribution in [0.2, 0.25) is 0 Å². The first kappa shape index (κ1) is 32.3. The number of halogens is 5. The van der Waals surface area contributed by atoms with Crippen LogP contribution < -0.4 is 4.74 Å². The summed E-state index contributed by atoms with van der Waals surface area (Å²) in [6, 6.07) is 17.3. The average molecular weight is 623 g/mol. The van der Waals surface area contributed by atoms with Crippen LogP contribution in [-0.4, -0.2) is 36.0 Å². The summed E-state index contributed by atoms with van der Waals surface area (Å²) in [5, 5.41) is 0. The Balaban J connectivity index is 1.11. The Bertz CT molecular complexity index is 1250. The van der Waals surface area contributed by atoms with Crippen molar-refractivity contribution in [2.45, 2.75) is 95.6 Å². The summed E-state index contributed by atoms with van der Waals surface area (Å²) >= 11 is 1.42. The Kier molecular flexibility index (Phi) is 9.84. The number of aryl methyl sites for hydroxylation is 1. The molecule has 236 valence electrons. The maximum Gasteiger partial charge on any atom is 0.453 e. The van der Waals surface area contributed by atoms with Crippen molar-refractivity contribution in [1.82, 2.24) is 0 Å². The molecule has 2 aromatic carbocycles. The number of thioether (sulfide) groups is 1. The molecule has 0 aliphatic heterocycles. The van der Waals surface area contributed by atoms with Crippen molar-refractivity contribution >= 4 is 17.5 Å². The molecule has 0 spiro atoms. The summed E-state index contributed by atoms with van der Waals surface area (Å²) in [5.74, 6) is -0.492. The molecule has 2 fully saturated rings. The second kappa shape index (κ2) is 13.1. The van der Waals surface area contributed by atoms with E-state index in [0.717, 1.165) is 56.4 Å². The molecule has 0 radical (unpaired) electrons. The van der Waals surface area contributed by atoms with Gasteiger partial charge < -0.3 is 4.74 Å². The third-order valence-corrected chi connectivity index (χ3v) is 11.5. The van der Waals surface area contributed by atoms with Gasteiger partial charge in [-0.15, -0.1) is 0 Å². The van der Waals surface area contributed by atoms with Gasteiger partial charge in [0.25, 0.3) is 0 Å². The van der Waals surface area contributed by atoms with E-state index in [1.54, 1.807) is 0 Å². The minimum atomic E-state index is -5.46. The number of unbranched alkanes of at least 4 members (excludes halogenated alkanes) is 2. The number of carbonyl (C=O) groups is 1. The van der Waals surface area contributed by atoms with Crippen molar-refractivity contribution in [3.63, 3.8) is 0 Å². The van der Waals surface area contributed by atoms with Crippen LogP contribution in [0.4, 0.5) is 22.0 Å². The van der Waals surface area contributed by atoms with Gasteiger partial charge in [0.15, 0.2) is 0 Å². The zero-order chi connectivity index (χ0) is 30.8. The molecule has 43 heavy (non-hydrogen) atoms. The molecule has 0 unspecified atom stereocenters. The quantitative estimate of drug-likeness (QED) is 0.174. The van der Waals surface area contributed by atoms with E-state index in [1.807, 2.05) is 12.1 Å². The summed E-state index contributed by atoms with van der Waals surface area (Å²) in [6.07, 6.45) is -0.0174. The Morgan fingerprint density at radius 3 is 2.42 bits per heavy atom. The molecule has 0 N–H and O–H groups in total. The number of carbonyl (C=O) groups excluding carboxylic acids is 1. The minimum absolute atomic E-state index is 0.136. The molecule has 3 aliphatic carbocycles. The van der Waals surface area contributed by atoms with Gasteiger partial charge in [0.05, 0.1) is 6.61 Å². The molecular formula is C35H43F5O2S. The fourth-order valence-corrected chi connectivity index (χ4v) is 9.17. The number of alkyl halides is 5. The first-order valence-electron chi connectivity index (χ1n) is 15.8. The van der Waals surface area contributed by atoms with Crippen LogP contribution in [0.15, 0.2) is 48.5 Å². The molecule has 0 bridgehead atoms. The third kappa shape index (κ3) is 6.79. The van der Waals surface area contributed by atoms with Crippen molar-refractivity contribution in [3.05, 3.63) is 65.2 Å². The molecule has 5 rings (SSSR count). The second-order valence-corrected chi connectivity index (χ2v) is 14.4. The summed E-state index contributed by atoms with van der Waals surface area (Å²) < 4.78 is 68.6. The van der Waals surface area contributed by atoms with Gasteiger partial charge in [-0.2, -0.15) is 33.7 Å². The molecule has 8 heteroatoms. The van der Waals surface area contributed by atoms with Crippen LogP contribution >= 0.6 is 11.8 Å². The molecule has 0 amide bonds. The molecule has 6 atom stereocenters. The summed E-state index contributed by atoms with van der Waals surface area (Å²) in [7, 11) is 0. The van der Waals surface area contributed by atoms with Gasteiger partial charge in [-0.25, -0.2) is 0 Å². The minimum Gasteiger partial charge on any atom is -0.494 e. The van der Waals surface area contributed by atoms with E-state index in [1.165, 1.54) is 28.5 Å². The molecule has 0 aromatic heterocycles. The number of rotatable bonds is 12. The molecule has 2 aromatic rings. The van der Waals surface area contributed by atoms with Gasteiger partial charge in [0, 0.05) is 17.8 Å². The maximum atomic E-state index is 13.5. The number of benzene rings is 2. The predicted octanol–water partition coefficient (Wildman–Crippen LogP) is 10.0. The number of hydrogen-bond acceptors (Lipinski definition) is 3. The fourth-order valence-electron chi connectivity index (χ4n) is 8.21. The Hall–Kier alpha value is -2.09. The molecular weight excluding hydrogens is 579 g/mol. The van der Waals surface area contributed by atoms with Gasteiger partial charge in [-0.3, -0.25) is 4.79 Å². The Morgan fingerprint density at radius 2 is 1.67 bits per heavy atom. The summed E-state index contributed by atoms with van der Waals surface area (Å²) in [4.78, 5) is 13.5. The monoisotopic (exact) mass is 622 g/mol. The van der Waals surface area contributed by atoms with E-state index in [4.69, 9.17) is 4.74 Å². The zero-order valence-electron chi connectivity index (χ0n) is 25.1. The van der Waals surface area contributed by atoms with Crippen molar-refractivity contribution in [3.8, 4) is 5.75 Å². The van der Waals surface area contributed by atoms with Crippen LogP contribution in [0.25, 0.3) is 0 Å². The van der Waals surface area contributed by atoms with E-state index >= 15 is 0 Å². The lowest BCUT2D eigenvalue weighted by Crippen LogP contribution is -2.46. The van der Waals surface area contributed by atoms with Crippen LogP contribution in [0, 0.1) is 23.2 Å². The highest BCUT2D eigenvalue weighted by Gasteiger charge is 2.60. The van der Waals surface area contributed by atoms with Crippen LogP contribution in [0.1, 0.15) is 93.7 Å². The van der Waals surface area contributed by atoms with Crippen LogP contribution in [0.5, 0.6) is 5.75 Å². The highest BCUT2D eigenvalue weighted by atomic mass is 32.2. The van der Waals surface area contributed by atoms with Crippen LogP contribution in [-0.2, 0) is 11.2 Å². The van der Waals surface area contributed by atoms with Crippen LogP contribution in [0.3, 0.4) is 0 Å². The van der Waals surface area contributed by atoms with E-state index in [9.17, 15) is 26.7 Å². The fraction of sp³-hybridized carbons (Fsp3) is 0.629. The van der Waals surface area contributed by atoms with Crippen molar-refractivity contribution in [1.29, 1.82) is 0 Å². The number of hydrogen-bond donors (Lipinski definition) is 0. The first-order valence-corrected chi connectivity index (χ1v) is 16.9. The molecule has 2 saturated carbocycles. The van der Waals surface area contributed by atoms with Gasteiger partial charge in [0.2, 0.25) is 0 Å². The number of ketones is 1. The second-order valence-electron chi connectivity index (χ2n) is 13.2. The van der Waals surface area contributed by atoms with Gasteiger partial charge in [0.1, 0.15) is 11.5 Å². The highest BCUT2D eigenvalue weighted by Crippen LogP contribution is 2.64. The third-order valence-electron chi connectivity index (χ3n) is 10.4. The van der Waals surface area contributed by atoms with E-state index in [0.29, 0.717) is 35.9 Å².